The second-order valence-corrected chi connectivity index (χ2v) is 14.7. The third-order valence-electron chi connectivity index (χ3n) is 7.71. The zero-order valence-electron chi connectivity index (χ0n) is 23.4. The van der Waals surface area contributed by atoms with Crippen LogP contribution in [0.1, 0.15) is 86.0 Å². The molecular weight excluding hydrogens is 562 g/mol. The number of aliphatic carboxylic acids is 1. The maximum atomic E-state index is 13.8. The number of fused-ring (bicyclic) bond motifs is 1. The van der Waals surface area contributed by atoms with Gasteiger partial charge in [0.15, 0.2) is 10.8 Å². The van der Waals surface area contributed by atoms with Crippen LogP contribution in [0.4, 0.5) is 0 Å². The molecule has 2 aliphatic rings. The second-order valence-electron chi connectivity index (χ2n) is 12.1. The molecule has 5 rings (SSSR count). The summed E-state index contributed by atoms with van der Waals surface area (Å²) in [6, 6.07) is 10.1. The predicted octanol–water partition coefficient (Wildman–Crippen LogP) is 5.40. The third kappa shape index (κ3) is 6.22. The fraction of sp³-hybridized carbons (Fsp3) is 0.467. The quantitative estimate of drug-likeness (QED) is 0.295. The van der Waals surface area contributed by atoms with Gasteiger partial charge in [-0.05, 0) is 57.9 Å². The first-order valence-electron chi connectivity index (χ1n) is 14.0. The van der Waals surface area contributed by atoms with E-state index in [4.69, 9.17) is 5.11 Å². The summed E-state index contributed by atoms with van der Waals surface area (Å²) in [5.74, 6) is -2.05. The number of sulfonamides is 1. The Labute approximate surface area is 243 Å². The van der Waals surface area contributed by atoms with Gasteiger partial charge in [-0.25, -0.2) is 18.1 Å². The van der Waals surface area contributed by atoms with Crippen molar-refractivity contribution < 1.29 is 27.9 Å². The van der Waals surface area contributed by atoms with Crippen LogP contribution < -0.4 is 10.0 Å². The van der Waals surface area contributed by atoms with E-state index < -0.39 is 33.4 Å². The van der Waals surface area contributed by atoms with E-state index in [9.17, 15) is 22.8 Å². The van der Waals surface area contributed by atoms with Crippen LogP contribution in [0, 0.1) is 11.8 Å². The van der Waals surface area contributed by atoms with Gasteiger partial charge < -0.3 is 10.4 Å². The van der Waals surface area contributed by atoms with Gasteiger partial charge in [0.25, 0.3) is 5.91 Å². The van der Waals surface area contributed by atoms with E-state index in [1.54, 1.807) is 45.0 Å². The number of benzene rings is 2. The van der Waals surface area contributed by atoms with Crippen LogP contribution in [0.25, 0.3) is 21.2 Å². The second kappa shape index (κ2) is 11.3. The van der Waals surface area contributed by atoms with E-state index in [1.165, 1.54) is 0 Å². The average Bonchev–Trinajstić information content (AvgIpc) is 3.33. The van der Waals surface area contributed by atoms with Gasteiger partial charge in [0.1, 0.15) is 5.69 Å². The number of Topliss-reactive ketones (excluding diaryl/α,β-unsaturated/α-hetero) is 1. The molecule has 2 fully saturated rings. The zero-order valence-corrected chi connectivity index (χ0v) is 25.0. The van der Waals surface area contributed by atoms with E-state index in [0.717, 1.165) is 43.4 Å². The van der Waals surface area contributed by atoms with Crippen LogP contribution in [0.2, 0.25) is 0 Å². The number of ketones is 1. The molecule has 1 heterocycles. The third-order valence-corrected chi connectivity index (χ3v) is 10.6. The molecule has 0 spiro atoms. The van der Waals surface area contributed by atoms with Gasteiger partial charge in [0.2, 0.25) is 10.0 Å². The summed E-state index contributed by atoms with van der Waals surface area (Å²) < 4.78 is 29.4. The van der Waals surface area contributed by atoms with Crippen molar-refractivity contribution in [1.82, 2.24) is 15.0 Å². The minimum Gasteiger partial charge on any atom is -0.481 e. The van der Waals surface area contributed by atoms with Crippen molar-refractivity contribution in [2.45, 2.75) is 82.2 Å². The molecule has 0 aliphatic heterocycles. The number of carbonyl (C=O) groups is 3. The molecule has 2 aliphatic carbocycles. The van der Waals surface area contributed by atoms with E-state index >= 15 is 0 Å². The van der Waals surface area contributed by atoms with Gasteiger partial charge in [-0.1, -0.05) is 49.6 Å². The first-order chi connectivity index (χ1) is 19.3. The van der Waals surface area contributed by atoms with Gasteiger partial charge >= 0.3 is 5.97 Å². The smallest absolute Gasteiger partial charge is 0.306 e. The van der Waals surface area contributed by atoms with Crippen LogP contribution >= 0.6 is 11.3 Å². The number of nitrogens with one attached hydrogen (secondary N) is 2. The van der Waals surface area contributed by atoms with Crippen molar-refractivity contribution >= 4 is 49.8 Å². The Bertz CT molecular complexity index is 1610. The number of rotatable bonds is 8. The van der Waals surface area contributed by atoms with Crippen LogP contribution in [0.15, 0.2) is 41.3 Å². The molecule has 3 aromatic rings. The minimum absolute atomic E-state index is 0.0974. The lowest BCUT2D eigenvalue weighted by Crippen LogP contribution is -2.46. The number of aromatic nitrogens is 1. The predicted molar refractivity (Wildman–Crippen MR) is 158 cm³/mol. The SMILES string of the molecule is CC(C)(C)NS(=O)(=O)c1ccc(-c2sc(C(=O)NC3CC(C(=O)O)C3)nc2C(=O)C2CCCCC2)c2ccccc12. The highest BCUT2D eigenvalue weighted by Gasteiger charge is 2.37. The Kier molecular flexibility index (Phi) is 8.06. The highest BCUT2D eigenvalue weighted by molar-refractivity contribution is 7.89. The largest absolute Gasteiger partial charge is 0.481 e. The van der Waals surface area contributed by atoms with Crippen LogP contribution in [0.3, 0.4) is 0 Å². The standard InChI is InChI=1S/C30H35N3O6S2/c1-30(2,3)33-41(38,39)23-14-13-22(20-11-7-8-12-21(20)23)26-24(25(34)17-9-5-4-6-10-17)32-28(40-26)27(35)31-19-15-18(16-19)29(36)37/h7-8,11-14,17-19,33H,4-6,9-10,15-16H2,1-3H3,(H,31,35)(H,36,37). The summed E-state index contributed by atoms with van der Waals surface area (Å²) in [6.07, 6.45) is 5.27. The van der Waals surface area contributed by atoms with Crippen molar-refractivity contribution in [3.63, 3.8) is 0 Å². The number of hydrogen-bond donors (Lipinski definition) is 3. The molecule has 0 atom stereocenters. The molecule has 1 aromatic heterocycles. The van der Waals surface area contributed by atoms with Crippen LogP contribution in [-0.2, 0) is 14.8 Å². The summed E-state index contributed by atoms with van der Waals surface area (Å²) in [6.45, 7) is 5.33. The lowest BCUT2D eigenvalue weighted by atomic mass is 9.80. The number of nitrogens with zero attached hydrogens (tertiary/aromatic N) is 1. The lowest BCUT2D eigenvalue weighted by molar-refractivity contribution is -0.145. The average molecular weight is 598 g/mol. The summed E-state index contributed by atoms with van der Waals surface area (Å²) >= 11 is 1.11. The Balaban J connectivity index is 1.57. The number of carboxylic acid groups (broad SMARTS) is 1. The van der Waals surface area contributed by atoms with Crippen molar-refractivity contribution in [3.05, 3.63) is 47.1 Å². The van der Waals surface area contributed by atoms with Crippen molar-refractivity contribution in [3.8, 4) is 10.4 Å². The van der Waals surface area contributed by atoms with Crippen LogP contribution in [-0.4, -0.2) is 47.7 Å². The number of carbonyl (C=O) groups excluding carboxylic acids is 2. The Hall–Kier alpha value is -3.15. The maximum Gasteiger partial charge on any atom is 0.306 e. The zero-order chi connectivity index (χ0) is 29.5. The van der Waals surface area contributed by atoms with Crippen LogP contribution in [0.5, 0.6) is 0 Å². The first kappa shape index (κ1) is 29.3. The number of carboxylic acids is 1. The molecule has 1 amide bonds. The van der Waals surface area contributed by atoms with Gasteiger partial charge in [-0.2, -0.15) is 0 Å². The topological polar surface area (TPSA) is 143 Å². The minimum atomic E-state index is -3.85. The van der Waals surface area contributed by atoms with E-state index in [1.807, 2.05) is 12.1 Å². The van der Waals surface area contributed by atoms with Gasteiger partial charge in [0.05, 0.1) is 15.7 Å². The maximum absolute atomic E-state index is 13.8. The molecular formula is C30H35N3O6S2. The molecule has 11 heteroatoms. The summed E-state index contributed by atoms with van der Waals surface area (Å²) in [7, 11) is -3.85. The fourth-order valence-electron chi connectivity index (χ4n) is 5.67. The van der Waals surface area contributed by atoms with Gasteiger partial charge in [-0.3, -0.25) is 14.4 Å². The number of hydrogen-bond acceptors (Lipinski definition) is 7. The highest BCUT2D eigenvalue weighted by atomic mass is 32.2. The van der Waals surface area contributed by atoms with E-state index in [-0.39, 0.29) is 33.3 Å². The molecule has 218 valence electrons. The van der Waals surface area contributed by atoms with Gasteiger partial charge in [0, 0.05) is 28.4 Å². The molecule has 0 bridgehead atoms. The molecule has 2 saturated carbocycles. The Morgan fingerprint density at radius 2 is 1.61 bits per heavy atom. The number of amides is 1. The summed E-state index contributed by atoms with van der Waals surface area (Å²) in [5.41, 5.74) is 0.196. The van der Waals surface area contributed by atoms with Gasteiger partial charge in [-0.15, -0.1) is 11.3 Å². The monoisotopic (exact) mass is 597 g/mol. The molecule has 0 unspecified atom stereocenters. The molecule has 41 heavy (non-hydrogen) atoms. The van der Waals surface area contributed by atoms with E-state index in [2.05, 4.69) is 15.0 Å². The Morgan fingerprint density at radius 3 is 2.24 bits per heavy atom. The number of thiazole rings is 1. The highest BCUT2D eigenvalue weighted by Crippen LogP contribution is 2.40. The molecule has 9 nitrogen and oxygen atoms in total. The molecule has 2 aromatic carbocycles. The van der Waals surface area contributed by atoms with Crippen molar-refractivity contribution in [1.29, 1.82) is 0 Å². The van der Waals surface area contributed by atoms with Crippen molar-refractivity contribution in [2.24, 2.45) is 11.8 Å². The van der Waals surface area contributed by atoms with Crippen molar-refractivity contribution in [2.75, 3.05) is 0 Å². The molecule has 0 saturated heterocycles. The summed E-state index contributed by atoms with van der Waals surface area (Å²) in [4.78, 5) is 43.4. The first-order valence-corrected chi connectivity index (χ1v) is 16.3. The molecule has 0 radical (unpaired) electrons. The lowest BCUT2D eigenvalue weighted by Gasteiger charge is -2.32. The Morgan fingerprint density at radius 1 is 0.951 bits per heavy atom. The molecule has 3 N–H and O–H groups in total. The normalized spacial score (nSPS) is 20.0. The fourth-order valence-corrected chi connectivity index (χ4v) is 8.31. The summed E-state index contributed by atoms with van der Waals surface area (Å²) in [5, 5.41) is 13.3. The van der Waals surface area contributed by atoms with E-state index in [0.29, 0.717) is 34.1 Å².